The topological polar surface area (TPSA) is 123 Å². The number of carbonyl (C=O) groups is 1. The molecule has 0 aliphatic heterocycles. The molecule has 0 saturated carbocycles. The van der Waals surface area contributed by atoms with E-state index in [9.17, 15) is 14.9 Å². The summed E-state index contributed by atoms with van der Waals surface area (Å²) >= 11 is 0. The molecular weight excluding hydrogens is 266 g/mol. The molecule has 0 atom stereocenters. The van der Waals surface area contributed by atoms with Gasteiger partial charge in [-0.05, 0) is 6.92 Å². The average Bonchev–Trinajstić information content (AvgIpc) is 2.92. The summed E-state index contributed by atoms with van der Waals surface area (Å²) < 4.78 is 4.59. The van der Waals surface area contributed by atoms with Crippen LogP contribution in [0.25, 0.3) is 0 Å². The highest BCUT2D eigenvalue weighted by atomic mass is 16.6. The second-order valence-corrected chi connectivity index (χ2v) is 3.72. The van der Waals surface area contributed by atoms with Crippen molar-refractivity contribution < 1.29 is 14.2 Å². The second-order valence-electron chi connectivity index (χ2n) is 3.72. The Morgan fingerprint density at radius 3 is 2.95 bits per heavy atom. The van der Waals surface area contributed by atoms with Gasteiger partial charge >= 0.3 is 0 Å². The third kappa shape index (κ3) is 2.88. The minimum atomic E-state index is -0.615. The maximum absolute atomic E-state index is 12.1. The van der Waals surface area contributed by atoms with Gasteiger partial charge in [-0.2, -0.15) is 0 Å². The lowest BCUT2D eigenvalue weighted by Crippen LogP contribution is -2.16. The van der Waals surface area contributed by atoms with Crippen LogP contribution in [-0.2, 0) is 0 Å². The molecule has 0 bridgehead atoms. The van der Waals surface area contributed by atoms with Crippen LogP contribution in [-0.4, -0.2) is 27.5 Å². The first-order chi connectivity index (χ1) is 9.61. The Bertz CT molecular complexity index is 626. The van der Waals surface area contributed by atoms with Gasteiger partial charge in [0.1, 0.15) is 18.3 Å². The lowest BCUT2D eigenvalue weighted by Gasteiger charge is -2.08. The van der Waals surface area contributed by atoms with Gasteiger partial charge in [-0.25, -0.2) is 4.98 Å². The molecule has 2 heterocycles. The van der Waals surface area contributed by atoms with Crippen LogP contribution in [0.1, 0.15) is 17.3 Å². The van der Waals surface area contributed by atoms with Crippen molar-refractivity contribution >= 4 is 23.2 Å². The van der Waals surface area contributed by atoms with E-state index in [2.05, 4.69) is 25.3 Å². The number of nitrogens with zero attached hydrogens (tertiary/aromatic N) is 3. The SMILES string of the molecule is CCNc1ncc([N+](=O)[O-])cc1C(=O)Nc1ccon1. The predicted octanol–water partition coefficient (Wildman–Crippen LogP) is 1.66. The summed E-state index contributed by atoms with van der Waals surface area (Å²) in [5.74, 6) is -0.0888. The normalized spacial score (nSPS) is 10.1. The van der Waals surface area contributed by atoms with Gasteiger partial charge in [0, 0.05) is 18.7 Å². The number of hydrogen-bond donors (Lipinski definition) is 2. The van der Waals surface area contributed by atoms with Gasteiger partial charge in [-0.15, -0.1) is 0 Å². The Morgan fingerprint density at radius 2 is 2.35 bits per heavy atom. The van der Waals surface area contributed by atoms with Gasteiger partial charge < -0.3 is 15.2 Å². The van der Waals surface area contributed by atoms with Crippen LogP contribution in [0.4, 0.5) is 17.3 Å². The number of anilines is 2. The van der Waals surface area contributed by atoms with E-state index in [1.54, 1.807) is 0 Å². The van der Waals surface area contributed by atoms with Crippen molar-refractivity contribution in [1.82, 2.24) is 10.1 Å². The fourth-order valence-corrected chi connectivity index (χ4v) is 1.50. The van der Waals surface area contributed by atoms with Gasteiger partial charge in [0.2, 0.25) is 0 Å². The fourth-order valence-electron chi connectivity index (χ4n) is 1.50. The molecule has 0 fully saturated rings. The molecule has 2 aromatic rings. The number of amides is 1. The first-order valence-corrected chi connectivity index (χ1v) is 5.72. The quantitative estimate of drug-likeness (QED) is 0.629. The third-order valence-electron chi connectivity index (χ3n) is 2.35. The van der Waals surface area contributed by atoms with E-state index < -0.39 is 10.8 Å². The van der Waals surface area contributed by atoms with Gasteiger partial charge in [0.15, 0.2) is 5.82 Å². The van der Waals surface area contributed by atoms with E-state index in [0.29, 0.717) is 6.54 Å². The third-order valence-corrected chi connectivity index (χ3v) is 2.35. The van der Waals surface area contributed by atoms with Crippen molar-refractivity contribution in [3.05, 3.63) is 40.3 Å². The van der Waals surface area contributed by atoms with Gasteiger partial charge in [-0.1, -0.05) is 5.16 Å². The van der Waals surface area contributed by atoms with Crippen molar-refractivity contribution in [2.24, 2.45) is 0 Å². The Balaban J connectivity index is 2.33. The highest BCUT2D eigenvalue weighted by molar-refractivity contribution is 6.07. The first-order valence-electron chi connectivity index (χ1n) is 5.72. The highest BCUT2D eigenvalue weighted by Gasteiger charge is 2.18. The van der Waals surface area contributed by atoms with Crippen LogP contribution in [0.5, 0.6) is 0 Å². The summed E-state index contributed by atoms with van der Waals surface area (Å²) in [4.78, 5) is 26.1. The van der Waals surface area contributed by atoms with Crippen LogP contribution in [0.3, 0.4) is 0 Å². The molecule has 9 heteroatoms. The Labute approximate surface area is 113 Å². The minimum absolute atomic E-state index is 0.0593. The largest absolute Gasteiger partial charge is 0.370 e. The minimum Gasteiger partial charge on any atom is -0.370 e. The summed E-state index contributed by atoms with van der Waals surface area (Å²) in [6.07, 6.45) is 2.39. The summed E-state index contributed by atoms with van der Waals surface area (Å²) in [6.45, 7) is 2.34. The van der Waals surface area contributed by atoms with E-state index in [4.69, 9.17) is 0 Å². The van der Waals surface area contributed by atoms with Gasteiger partial charge in [0.05, 0.1) is 10.5 Å². The van der Waals surface area contributed by atoms with Crippen LogP contribution >= 0.6 is 0 Å². The fraction of sp³-hybridized carbons (Fsp3) is 0.182. The predicted molar refractivity (Wildman–Crippen MR) is 69.5 cm³/mol. The maximum atomic E-state index is 12.1. The molecule has 2 rings (SSSR count). The van der Waals surface area contributed by atoms with Gasteiger partial charge in [-0.3, -0.25) is 14.9 Å². The molecule has 2 N–H and O–H groups in total. The number of aromatic nitrogens is 2. The zero-order valence-electron chi connectivity index (χ0n) is 10.5. The number of carbonyl (C=O) groups excluding carboxylic acids is 1. The van der Waals surface area contributed by atoms with Crippen LogP contribution in [0, 0.1) is 10.1 Å². The van der Waals surface area contributed by atoms with Crippen molar-refractivity contribution in [3.8, 4) is 0 Å². The summed E-state index contributed by atoms with van der Waals surface area (Å²) in [5, 5.41) is 19.6. The Kier molecular flexibility index (Phi) is 3.89. The number of nitro groups is 1. The highest BCUT2D eigenvalue weighted by Crippen LogP contribution is 2.20. The standard InChI is InChI=1S/C11H11N5O4/c1-2-12-10-8(5-7(6-13-10)16(18)19)11(17)14-9-3-4-20-15-9/h3-6H,2H2,1H3,(H,12,13)(H,14,15,17). The zero-order valence-corrected chi connectivity index (χ0v) is 10.5. The van der Waals surface area contributed by atoms with E-state index in [1.807, 2.05) is 6.92 Å². The smallest absolute Gasteiger partial charge is 0.288 e. The molecule has 0 saturated heterocycles. The van der Waals surface area contributed by atoms with E-state index >= 15 is 0 Å². The Hall–Kier alpha value is -2.97. The van der Waals surface area contributed by atoms with Crippen LogP contribution < -0.4 is 10.6 Å². The molecular formula is C11H11N5O4. The van der Waals surface area contributed by atoms with E-state index in [1.165, 1.54) is 12.3 Å². The molecule has 2 aromatic heterocycles. The molecule has 0 aromatic carbocycles. The molecule has 104 valence electrons. The number of hydrogen-bond acceptors (Lipinski definition) is 7. The van der Waals surface area contributed by atoms with Crippen LogP contribution in [0.15, 0.2) is 29.1 Å². The average molecular weight is 277 g/mol. The molecule has 0 aliphatic rings. The number of nitrogens with one attached hydrogen (secondary N) is 2. The maximum Gasteiger partial charge on any atom is 0.288 e. The van der Waals surface area contributed by atoms with E-state index in [-0.39, 0.29) is 22.9 Å². The molecule has 0 radical (unpaired) electrons. The van der Waals surface area contributed by atoms with Crippen molar-refractivity contribution in [1.29, 1.82) is 0 Å². The molecule has 0 spiro atoms. The summed E-state index contributed by atoms with van der Waals surface area (Å²) in [5.41, 5.74) is -0.207. The molecule has 0 unspecified atom stereocenters. The molecule has 1 amide bonds. The summed E-state index contributed by atoms with van der Waals surface area (Å²) in [7, 11) is 0. The summed E-state index contributed by atoms with van der Waals surface area (Å²) in [6, 6.07) is 2.61. The number of rotatable bonds is 5. The monoisotopic (exact) mass is 277 g/mol. The van der Waals surface area contributed by atoms with Crippen LogP contribution in [0.2, 0.25) is 0 Å². The van der Waals surface area contributed by atoms with Crippen molar-refractivity contribution in [3.63, 3.8) is 0 Å². The van der Waals surface area contributed by atoms with Crippen molar-refractivity contribution in [2.75, 3.05) is 17.2 Å². The zero-order chi connectivity index (χ0) is 14.5. The molecule has 20 heavy (non-hydrogen) atoms. The van der Waals surface area contributed by atoms with E-state index in [0.717, 1.165) is 12.3 Å². The first kappa shape index (κ1) is 13.5. The molecule has 0 aliphatic carbocycles. The molecule has 9 nitrogen and oxygen atoms in total. The number of pyridine rings is 1. The Morgan fingerprint density at radius 1 is 1.55 bits per heavy atom. The van der Waals surface area contributed by atoms with Crippen molar-refractivity contribution in [2.45, 2.75) is 6.92 Å². The lowest BCUT2D eigenvalue weighted by atomic mass is 10.2. The van der Waals surface area contributed by atoms with Gasteiger partial charge in [0.25, 0.3) is 11.6 Å². The lowest BCUT2D eigenvalue weighted by molar-refractivity contribution is -0.385. The second kappa shape index (κ2) is 5.78.